The molecule has 11 heavy (non-hydrogen) atoms. The predicted molar refractivity (Wildman–Crippen MR) is 36.9 cm³/mol. The van der Waals surface area contributed by atoms with Gasteiger partial charge >= 0.3 is 0 Å². The van der Waals surface area contributed by atoms with Gasteiger partial charge in [0.25, 0.3) is 5.91 Å². The number of aromatic amines is 1. The lowest BCUT2D eigenvalue weighted by atomic mass is 10.4. The van der Waals surface area contributed by atoms with Crippen molar-refractivity contribution in [3.8, 4) is 0 Å². The summed E-state index contributed by atoms with van der Waals surface area (Å²) in [6.07, 6.45) is 1.49. The van der Waals surface area contributed by atoms with E-state index in [1.807, 2.05) is 0 Å². The third-order valence-electron chi connectivity index (χ3n) is 1.37. The Morgan fingerprint density at radius 2 is 2.55 bits per heavy atom. The number of nitrogens with zero attached hydrogens (tertiary/aromatic N) is 1. The molecule has 0 aliphatic rings. The van der Waals surface area contributed by atoms with Crippen LogP contribution in [0.5, 0.6) is 0 Å². The largest absolute Gasteiger partial charge is 0.448 e. The molecule has 1 amide bonds. The first kappa shape index (κ1) is 5.96. The summed E-state index contributed by atoms with van der Waals surface area (Å²) in [7, 11) is 0. The highest BCUT2D eigenvalue weighted by molar-refractivity contribution is 5.93. The molecule has 0 bridgehead atoms. The van der Waals surface area contributed by atoms with Crippen molar-refractivity contribution in [2.45, 2.75) is 0 Å². The van der Waals surface area contributed by atoms with E-state index in [4.69, 9.17) is 10.2 Å². The molecule has 0 radical (unpaired) electrons. The smallest absolute Gasteiger partial charge is 0.284 e. The van der Waals surface area contributed by atoms with Crippen LogP contribution in [0.4, 0.5) is 0 Å². The quantitative estimate of drug-likeness (QED) is 0.612. The van der Waals surface area contributed by atoms with Gasteiger partial charge in [-0.2, -0.15) is 5.10 Å². The second-order valence-corrected chi connectivity index (χ2v) is 2.12. The standard InChI is InChI=1S/C6H5N3O2/c7-6(10)4-1-3-5(11-4)2-8-9-3/h1-2H,(H2,7,10)(H,8,9). The molecule has 2 heterocycles. The van der Waals surface area contributed by atoms with Gasteiger partial charge in [0.05, 0.1) is 6.20 Å². The summed E-state index contributed by atoms with van der Waals surface area (Å²) in [5, 5.41) is 6.33. The molecule has 0 spiro atoms. The lowest BCUT2D eigenvalue weighted by Gasteiger charge is -1.82. The molecular weight excluding hydrogens is 146 g/mol. The second-order valence-electron chi connectivity index (χ2n) is 2.12. The average Bonchev–Trinajstić information content (AvgIpc) is 2.40. The fourth-order valence-electron chi connectivity index (χ4n) is 0.870. The lowest BCUT2D eigenvalue weighted by Crippen LogP contribution is -2.09. The monoisotopic (exact) mass is 151 g/mol. The molecule has 2 rings (SSSR count). The molecule has 2 aromatic rings. The fourth-order valence-corrected chi connectivity index (χ4v) is 0.870. The van der Waals surface area contributed by atoms with Crippen molar-refractivity contribution in [2.24, 2.45) is 5.73 Å². The minimum atomic E-state index is -0.574. The fraction of sp³-hybridized carbons (Fsp3) is 0. The van der Waals surface area contributed by atoms with Crippen LogP contribution in [0.3, 0.4) is 0 Å². The van der Waals surface area contributed by atoms with Gasteiger partial charge in [0.1, 0.15) is 5.52 Å². The number of carbonyl (C=O) groups is 1. The lowest BCUT2D eigenvalue weighted by molar-refractivity contribution is 0.0976. The zero-order valence-electron chi connectivity index (χ0n) is 5.50. The highest BCUT2D eigenvalue weighted by Gasteiger charge is 2.08. The van der Waals surface area contributed by atoms with Crippen molar-refractivity contribution >= 4 is 17.0 Å². The van der Waals surface area contributed by atoms with Crippen LogP contribution in [0.15, 0.2) is 16.7 Å². The van der Waals surface area contributed by atoms with E-state index in [0.717, 1.165) is 0 Å². The van der Waals surface area contributed by atoms with Crippen LogP contribution in [-0.4, -0.2) is 16.1 Å². The third kappa shape index (κ3) is 0.778. The maximum Gasteiger partial charge on any atom is 0.284 e. The van der Waals surface area contributed by atoms with Crippen molar-refractivity contribution in [3.63, 3.8) is 0 Å². The highest BCUT2D eigenvalue weighted by atomic mass is 16.3. The topological polar surface area (TPSA) is 84.9 Å². The van der Waals surface area contributed by atoms with Crippen molar-refractivity contribution in [1.29, 1.82) is 0 Å². The number of nitrogens with one attached hydrogen (secondary N) is 1. The molecule has 0 fully saturated rings. The Bertz CT molecular complexity index is 372. The number of amides is 1. The maximum absolute atomic E-state index is 10.6. The molecule has 2 aromatic heterocycles. The summed E-state index contributed by atoms with van der Waals surface area (Å²) < 4.78 is 5.00. The Labute approximate surface area is 61.2 Å². The van der Waals surface area contributed by atoms with E-state index in [2.05, 4.69) is 10.2 Å². The van der Waals surface area contributed by atoms with Gasteiger partial charge in [0.15, 0.2) is 11.3 Å². The molecule has 3 N–H and O–H groups in total. The number of hydrogen-bond acceptors (Lipinski definition) is 3. The Balaban J connectivity index is 2.67. The minimum absolute atomic E-state index is 0.147. The number of primary amides is 1. The summed E-state index contributed by atoms with van der Waals surface area (Å²) in [4.78, 5) is 10.6. The first-order chi connectivity index (χ1) is 5.27. The third-order valence-corrected chi connectivity index (χ3v) is 1.37. The molecule has 56 valence electrons. The minimum Gasteiger partial charge on any atom is -0.448 e. The van der Waals surface area contributed by atoms with E-state index in [1.54, 1.807) is 0 Å². The molecule has 5 nitrogen and oxygen atoms in total. The van der Waals surface area contributed by atoms with Gasteiger partial charge in [0.2, 0.25) is 0 Å². The van der Waals surface area contributed by atoms with Crippen LogP contribution < -0.4 is 5.73 Å². The van der Waals surface area contributed by atoms with E-state index in [1.165, 1.54) is 12.3 Å². The van der Waals surface area contributed by atoms with Gasteiger partial charge in [-0.05, 0) is 0 Å². The van der Waals surface area contributed by atoms with E-state index in [-0.39, 0.29) is 5.76 Å². The number of fused-ring (bicyclic) bond motifs is 1. The molecule has 0 aliphatic heterocycles. The van der Waals surface area contributed by atoms with E-state index < -0.39 is 5.91 Å². The van der Waals surface area contributed by atoms with Crippen LogP contribution in [-0.2, 0) is 0 Å². The molecular formula is C6H5N3O2. The number of H-pyrrole nitrogens is 1. The molecule has 0 atom stereocenters. The Morgan fingerprint density at radius 3 is 3.18 bits per heavy atom. The summed E-state index contributed by atoms with van der Waals surface area (Å²) in [6, 6.07) is 1.52. The summed E-state index contributed by atoms with van der Waals surface area (Å²) in [5.74, 6) is -0.428. The summed E-state index contributed by atoms with van der Waals surface area (Å²) >= 11 is 0. The molecule has 0 aliphatic carbocycles. The first-order valence-electron chi connectivity index (χ1n) is 3.00. The normalized spacial score (nSPS) is 10.5. The van der Waals surface area contributed by atoms with Crippen LogP contribution in [0, 0.1) is 0 Å². The second kappa shape index (κ2) is 1.85. The molecule has 5 heteroatoms. The van der Waals surface area contributed by atoms with Gasteiger partial charge in [-0.1, -0.05) is 0 Å². The number of rotatable bonds is 1. The Morgan fingerprint density at radius 1 is 1.73 bits per heavy atom. The van der Waals surface area contributed by atoms with E-state index in [9.17, 15) is 4.79 Å². The van der Waals surface area contributed by atoms with Crippen molar-refractivity contribution in [2.75, 3.05) is 0 Å². The SMILES string of the molecule is NC(=O)c1cc2[nH]ncc2o1. The summed E-state index contributed by atoms with van der Waals surface area (Å²) in [5.41, 5.74) is 6.19. The highest BCUT2D eigenvalue weighted by Crippen LogP contribution is 2.14. The molecule has 0 aromatic carbocycles. The first-order valence-corrected chi connectivity index (χ1v) is 3.00. The van der Waals surface area contributed by atoms with Crippen molar-refractivity contribution in [1.82, 2.24) is 10.2 Å². The van der Waals surface area contributed by atoms with E-state index in [0.29, 0.717) is 11.1 Å². The van der Waals surface area contributed by atoms with Gasteiger partial charge < -0.3 is 10.2 Å². The van der Waals surface area contributed by atoms with Crippen LogP contribution in [0.1, 0.15) is 10.6 Å². The predicted octanol–water partition coefficient (Wildman–Crippen LogP) is 0.255. The number of nitrogens with two attached hydrogens (primary N) is 1. The van der Waals surface area contributed by atoms with Crippen LogP contribution in [0.2, 0.25) is 0 Å². The number of aromatic nitrogens is 2. The molecule has 0 saturated carbocycles. The maximum atomic E-state index is 10.6. The zero-order chi connectivity index (χ0) is 7.84. The summed E-state index contributed by atoms with van der Waals surface area (Å²) in [6.45, 7) is 0. The van der Waals surface area contributed by atoms with Crippen molar-refractivity contribution in [3.05, 3.63) is 18.0 Å². The van der Waals surface area contributed by atoms with E-state index >= 15 is 0 Å². The van der Waals surface area contributed by atoms with Gasteiger partial charge in [0, 0.05) is 6.07 Å². The zero-order valence-corrected chi connectivity index (χ0v) is 5.50. The van der Waals surface area contributed by atoms with Gasteiger partial charge in [-0.3, -0.25) is 9.89 Å². The molecule has 0 unspecified atom stereocenters. The Kier molecular flexibility index (Phi) is 1.00. The van der Waals surface area contributed by atoms with Crippen LogP contribution >= 0.6 is 0 Å². The van der Waals surface area contributed by atoms with Gasteiger partial charge in [-0.25, -0.2) is 0 Å². The van der Waals surface area contributed by atoms with Crippen LogP contribution in [0.25, 0.3) is 11.1 Å². The van der Waals surface area contributed by atoms with Gasteiger partial charge in [-0.15, -0.1) is 0 Å². The molecule has 0 saturated heterocycles. The number of carbonyl (C=O) groups excluding carboxylic acids is 1. The van der Waals surface area contributed by atoms with Crippen molar-refractivity contribution < 1.29 is 9.21 Å². The average molecular weight is 151 g/mol. The Hall–Kier alpha value is -1.78. The number of furan rings is 1. The number of hydrogen-bond donors (Lipinski definition) is 2.